The molecule has 1 amide bonds. The number of nitrogens with zero attached hydrogens (tertiary/aromatic N) is 1. The lowest BCUT2D eigenvalue weighted by atomic mass is 9.95. The standard InChI is InChI=1S/C17H22N2OS/c1-12-13(2)21-17(19-10-6-7-11-19)15(12)16(20)18-14-8-4-3-5-9-14/h6-7,10-11,14H,3-5,8-9H2,1-2H3,(H,18,20). The molecule has 0 atom stereocenters. The van der Waals surface area contributed by atoms with E-state index in [0.717, 1.165) is 29.0 Å². The van der Waals surface area contributed by atoms with E-state index in [4.69, 9.17) is 0 Å². The Balaban J connectivity index is 1.88. The summed E-state index contributed by atoms with van der Waals surface area (Å²) in [6.45, 7) is 4.14. The van der Waals surface area contributed by atoms with Crippen LogP contribution in [-0.4, -0.2) is 16.5 Å². The number of aromatic nitrogens is 1. The number of aryl methyl sites for hydroxylation is 1. The largest absolute Gasteiger partial charge is 0.349 e. The summed E-state index contributed by atoms with van der Waals surface area (Å²) in [6, 6.07) is 4.34. The van der Waals surface area contributed by atoms with Gasteiger partial charge in [0.25, 0.3) is 5.91 Å². The molecule has 0 spiro atoms. The first kappa shape index (κ1) is 14.4. The van der Waals surface area contributed by atoms with Gasteiger partial charge in [0.05, 0.1) is 5.56 Å². The predicted octanol–water partition coefficient (Wildman–Crippen LogP) is 4.22. The lowest BCUT2D eigenvalue weighted by Gasteiger charge is -2.23. The second kappa shape index (κ2) is 6.06. The minimum Gasteiger partial charge on any atom is -0.349 e. The van der Waals surface area contributed by atoms with Crippen LogP contribution in [0.25, 0.3) is 5.00 Å². The van der Waals surface area contributed by atoms with Gasteiger partial charge in [-0.05, 0) is 44.4 Å². The second-order valence-electron chi connectivity index (χ2n) is 5.86. The summed E-state index contributed by atoms with van der Waals surface area (Å²) >= 11 is 1.69. The molecule has 1 saturated carbocycles. The fraction of sp³-hybridized carbons (Fsp3) is 0.471. The minimum atomic E-state index is 0.0902. The zero-order chi connectivity index (χ0) is 14.8. The molecule has 0 saturated heterocycles. The summed E-state index contributed by atoms with van der Waals surface area (Å²) in [4.78, 5) is 14.0. The number of carbonyl (C=O) groups excluding carboxylic acids is 1. The van der Waals surface area contributed by atoms with Crippen LogP contribution in [0.3, 0.4) is 0 Å². The third-order valence-electron chi connectivity index (χ3n) is 4.37. The zero-order valence-electron chi connectivity index (χ0n) is 12.7. The van der Waals surface area contributed by atoms with Gasteiger partial charge in [0.2, 0.25) is 0 Å². The van der Waals surface area contributed by atoms with E-state index in [1.165, 1.54) is 24.1 Å². The maximum Gasteiger partial charge on any atom is 0.254 e. The van der Waals surface area contributed by atoms with E-state index < -0.39 is 0 Å². The van der Waals surface area contributed by atoms with E-state index in [1.54, 1.807) is 11.3 Å². The van der Waals surface area contributed by atoms with Crippen LogP contribution in [-0.2, 0) is 0 Å². The van der Waals surface area contributed by atoms with E-state index in [9.17, 15) is 4.79 Å². The quantitative estimate of drug-likeness (QED) is 0.905. The Labute approximate surface area is 130 Å². The Morgan fingerprint density at radius 1 is 1.19 bits per heavy atom. The van der Waals surface area contributed by atoms with E-state index >= 15 is 0 Å². The molecule has 1 aliphatic rings. The molecule has 0 aromatic carbocycles. The number of amides is 1. The number of hydrogen-bond acceptors (Lipinski definition) is 2. The van der Waals surface area contributed by atoms with Gasteiger partial charge in [-0.2, -0.15) is 0 Å². The summed E-state index contributed by atoms with van der Waals surface area (Å²) in [5.41, 5.74) is 1.95. The maximum absolute atomic E-state index is 12.7. The average Bonchev–Trinajstić information content (AvgIpc) is 3.09. The van der Waals surface area contributed by atoms with Gasteiger partial charge < -0.3 is 9.88 Å². The first-order chi connectivity index (χ1) is 10.2. The smallest absolute Gasteiger partial charge is 0.254 e. The van der Waals surface area contributed by atoms with Gasteiger partial charge in [-0.1, -0.05) is 19.3 Å². The minimum absolute atomic E-state index is 0.0902. The van der Waals surface area contributed by atoms with Crippen molar-refractivity contribution < 1.29 is 4.79 Å². The molecule has 2 aromatic heterocycles. The van der Waals surface area contributed by atoms with Crippen molar-refractivity contribution in [2.45, 2.75) is 52.0 Å². The monoisotopic (exact) mass is 302 g/mol. The van der Waals surface area contributed by atoms with E-state index in [2.05, 4.69) is 19.2 Å². The molecule has 1 N–H and O–H groups in total. The zero-order valence-corrected chi connectivity index (χ0v) is 13.5. The van der Waals surface area contributed by atoms with Crippen molar-refractivity contribution in [1.82, 2.24) is 9.88 Å². The Hall–Kier alpha value is -1.55. The van der Waals surface area contributed by atoms with Gasteiger partial charge in [0, 0.05) is 23.3 Å². The van der Waals surface area contributed by atoms with Gasteiger partial charge in [-0.3, -0.25) is 4.79 Å². The van der Waals surface area contributed by atoms with E-state index in [-0.39, 0.29) is 5.91 Å². The van der Waals surface area contributed by atoms with Gasteiger partial charge >= 0.3 is 0 Å². The summed E-state index contributed by atoms with van der Waals surface area (Å²) in [5.74, 6) is 0.0902. The van der Waals surface area contributed by atoms with Crippen molar-refractivity contribution in [3.63, 3.8) is 0 Å². The van der Waals surface area contributed by atoms with Gasteiger partial charge in [0.1, 0.15) is 5.00 Å². The molecule has 3 nitrogen and oxygen atoms in total. The summed E-state index contributed by atoms with van der Waals surface area (Å²) in [6.07, 6.45) is 10.0. The summed E-state index contributed by atoms with van der Waals surface area (Å²) in [5, 5.41) is 4.28. The first-order valence-corrected chi connectivity index (χ1v) is 8.52. The normalized spacial score (nSPS) is 16.1. The Morgan fingerprint density at radius 2 is 1.86 bits per heavy atom. The fourth-order valence-corrected chi connectivity index (χ4v) is 4.15. The van der Waals surface area contributed by atoms with Crippen LogP contribution >= 0.6 is 11.3 Å². The van der Waals surface area contributed by atoms with Crippen LogP contribution < -0.4 is 5.32 Å². The van der Waals surface area contributed by atoms with Crippen LogP contribution in [0.2, 0.25) is 0 Å². The molecular weight excluding hydrogens is 280 g/mol. The molecule has 4 heteroatoms. The van der Waals surface area contributed by atoms with Gasteiger partial charge in [-0.25, -0.2) is 0 Å². The topological polar surface area (TPSA) is 34.0 Å². The molecule has 3 rings (SSSR count). The number of rotatable bonds is 3. The highest BCUT2D eigenvalue weighted by atomic mass is 32.1. The van der Waals surface area contributed by atoms with Crippen molar-refractivity contribution in [3.8, 4) is 5.00 Å². The molecule has 112 valence electrons. The van der Waals surface area contributed by atoms with Crippen LogP contribution in [0.1, 0.15) is 52.9 Å². The SMILES string of the molecule is Cc1sc(-n2cccc2)c(C(=O)NC2CCCCC2)c1C. The number of hydrogen-bond donors (Lipinski definition) is 1. The molecule has 0 unspecified atom stereocenters. The highest BCUT2D eigenvalue weighted by Crippen LogP contribution is 2.31. The Morgan fingerprint density at radius 3 is 2.52 bits per heavy atom. The van der Waals surface area contributed by atoms with Crippen LogP contribution in [0, 0.1) is 13.8 Å². The van der Waals surface area contributed by atoms with Gasteiger partial charge in [0.15, 0.2) is 0 Å². The average molecular weight is 302 g/mol. The number of carbonyl (C=O) groups is 1. The highest BCUT2D eigenvalue weighted by molar-refractivity contribution is 7.15. The predicted molar refractivity (Wildman–Crippen MR) is 87.5 cm³/mol. The lowest BCUT2D eigenvalue weighted by Crippen LogP contribution is -2.36. The van der Waals surface area contributed by atoms with Crippen molar-refractivity contribution in [3.05, 3.63) is 40.5 Å². The molecule has 1 fully saturated rings. The Kier molecular flexibility index (Phi) is 4.15. The molecular formula is C17H22N2OS. The maximum atomic E-state index is 12.7. The summed E-state index contributed by atoms with van der Waals surface area (Å²) in [7, 11) is 0. The van der Waals surface area contributed by atoms with Crippen molar-refractivity contribution in [2.24, 2.45) is 0 Å². The van der Waals surface area contributed by atoms with E-state index in [0.29, 0.717) is 6.04 Å². The molecule has 2 aromatic rings. The third kappa shape index (κ3) is 2.91. The molecule has 0 aliphatic heterocycles. The molecule has 0 bridgehead atoms. The summed E-state index contributed by atoms with van der Waals surface area (Å²) < 4.78 is 2.04. The highest BCUT2D eigenvalue weighted by Gasteiger charge is 2.23. The molecule has 2 heterocycles. The van der Waals surface area contributed by atoms with Crippen molar-refractivity contribution in [1.29, 1.82) is 0 Å². The van der Waals surface area contributed by atoms with Crippen molar-refractivity contribution >= 4 is 17.2 Å². The second-order valence-corrected chi connectivity index (χ2v) is 7.07. The van der Waals surface area contributed by atoms with Crippen LogP contribution in [0.5, 0.6) is 0 Å². The fourth-order valence-electron chi connectivity index (χ4n) is 3.03. The molecule has 0 radical (unpaired) electrons. The van der Waals surface area contributed by atoms with E-state index in [1.807, 2.05) is 29.1 Å². The first-order valence-electron chi connectivity index (χ1n) is 7.71. The van der Waals surface area contributed by atoms with Crippen LogP contribution in [0.15, 0.2) is 24.5 Å². The number of nitrogens with one attached hydrogen (secondary N) is 1. The molecule has 1 aliphatic carbocycles. The third-order valence-corrected chi connectivity index (χ3v) is 5.59. The van der Waals surface area contributed by atoms with Gasteiger partial charge in [-0.15, -0.1) is 11.3 Å². The number of thiophene rings is 1. The van der Waals surface area contributed by atoms with Crippen LogP contribution in [0.4, 0.5) is 0 Å². The lowest BCUT2D eigenvalue weighted by molar-refractivity contribution is 0.0927. The Bertz CT molecular complexity index is 622. The van der Waals surface area contributed by atoms with Crippen molar-refractivity contribution in [2.75, 3.05) is 0 Å². The molecule has 21 heavy (non-hydrogen) atoms.